The number of nitrogens with one attached hydrogen (secondary N) is 1. The molecule has 0 radical (unpaired) electrons. The van der Waals surface area contributed by atoms with E-state index >= 15 is 0 Å². The average molecular weight is 394 g/mol. The van der Waals surface area contributed by atoms with Crippen LogP contribution in [0.15, 0.2) is 60.8 Å². The van der Waals surface area contributed by atoms with Crippen LogP contribution in [0.2, 0.25) is 15.1 Å². The molecule has 0 amide bonds. The van der Waals surface area contributed by atoms with Crippen molar-refractivity contribution in [3.63, 3.8) is 0 Å². The predicted molar refractivity (Wildman–Crippen MR) is 104 cm³/mol. The van der Waals surface area contributed by atoms with Crippen LogP contribution in [0.3, 0.4) is 0 Å². The molecule has 3 aromatic rings. The van der Waals surface area contributed by atoms with Gasteiger partial charge in [0.1, 0.15) is 18.2 Å². The highest BCUT2D eigenvalue weighted by molar-refractivity contribution is 6.44. The maximum Gasteiger partial charge on any atom is 0.126 e. The molecule has 0 unspecified atom stereocenters. The Morgan fingerprint density at radius 3 is 2.56 bits per heavy atom. The maximum absolute atomic E-state index is 6.20. The summed E-state index contributed by atoms with van der Waals surface area (Å²) >= 11 is 18.4. The third-order valence-electron chi connectivity index (χ3n) is 3.56. The molecule has 3 rings (SSSR count). The molecular formula is C19H15Cl3N2O. The van der Waals surface area contributed by atoms with Gasteiger partial charge >= 0.3 is 0 Å². The minimum absolute atomic E-state index is 0.245. The minimum Gasteiger partial charge on any atom is -0.489 e. The second kappa shape index (κ2) is 8.43. The Morgan fingerprint density at radius 1 is 0.920 bits per heavy atom. The lowest BCUT2D eigenvalue weighted by atomic mass is 10.2. The van der Waals surface area contributed by atoms with Crippen molar-refractivity contribution in [2.75, 3.05) is 5.32 Å². The van der Waals surface area contributed by atoms with E-state index in [0.717, 1.165) is 17.1 Å². The Balaban J connectivity index is 1.65. The fourth-order valence-corrected chi connectivity index (χ4v) is 2.92. The molecule has 0 saturated heterocycles. The van der Waals surface area contributed by atoms with Gasteiger partial charge in [0.15, 0.2) is 0 Å². The van der Waals surface area contributed by atoms with Crippen molar-refractivity contribution in [2.24, 2.45) is 0 Å². The normalized spacial score (nSPS) is 10.5. The quantitative estimate of drug-likeness (QED) is 0.504. The van der Waals surface area contributed by atoms with Crippen molar-refractivity contribution in [1.29, 1.82) is 0 Å². The molecule has 6 heteroatoms. The lowest BCUT2D eigenvalue weighted by Gasteiger charge is -2.12. The summed E-state index contributed by atoms with van der Waals surface area (Å²) < 4.78 is 5.83. The van der Waals surface area contributed by atoms with Crippen LogP contribution in [0.1, 0.15) is 11.1 Å². The number of aromatic nitrogens is 1. The van der Waals surface area contributed by atoms with Gasteiger partial charge in [0.25, 0.3) is 0 Å². The smallest absolute Gasteiger partial charge is 0.126 e. The number of benzene rings is 2. The Kier molecular flexibility index (Phi) is 6.03. The van der Waals surface area contributed by atoms with E-state index < -0.39 is 0 Å². The number of ether oxygens (including phenoxy) is 1. The van der Waals surface area contributed by atoms with Crippen LogP contribution in [0.4, 0.5) is 5.82 Å². The first-order valence-corrected chi connectivity index (χ1v) is 8.76. The standard InChI is InChI=1S/C19H15Cl3N2O/c20-16-7-8-17(21)19(22)15(16)12-25-14-5-3-4-13(10-14)11-24-18-6-1-2-9-23-18/h1-10H,11-12H2,(H,23,24). The van der Waals surface area contributed by atoms with E-state index in [2.05, 4.69) is 10.3 Å². The molecule has 1 N–H and O–H groups in total. The fraction of sp³-hybridized carbons (Fsp3) is 0.105. The monoisotopic (exact) mass is 392 g/mol. The van der Waals surface area contributed by atoms with Crippen LogP contribution in [0, 0.1) is 0 Å². The molecule has 25 heavy (non-hydrogen) atoms. The first-order chi connectivity index (χ1) is 12.1. The summed E-state index contributed by atoms with van der Waals surface area (Å²) in [7, 11) is 0. The molecule has 128 valence electrons. The average Bonchev–Trinajstić information content (AvgIpc) is 2.64. The molecule has 0 atom stereocenters. The van der Waals surface area contributed by atoms with Crippen LogP contribution in [0.5, 0.6) is 5.75 Å². The Labute approximate surface area is 161 Å². The Hall–Kier alpha value is -1.94. The number of nitrogens with zero attached hydrogens (tertiary/aromatic N) is 1. The van der Waals surface area contributed by atoms with Crippen molar-refractivity contribution in [2.45, 2.75) is 13.2 Å². The van der Waals surface area contributed by atoms with E-state index in [1.54, 1.807) is 18.3 Å². The second-order valence-corrected chi connectivity index (χ2v) is 6.52. The second-order valence-electron chi connectivity index (χ2n) is 5.33. The van der Waals surface area contributed by atoms with Crippen LogP contribution in [0.25, 0.3) is 0 Å². The van der Waals surface area contributed by atoms with Crippen LogP contribution in [-0.4, -0.2) is 4.98 Å². The highest BCUT2D eigenvalue weighted by atomic mass is 35.5. The molecule has 0 spiro atoms. The number of pyridine rings is 1. The molecule has 0 saturated carbocycles. The van der Waals surface area contributed by atoms with E-state index in [4.69, 9.17) is 39.5 Å². The predicted octanol–water partition coefficient (Wildman–Crippen LogP) is 6.23. The summed E-state index contributed by atoms with van der Waals surface area (Å²) in [6.07, 6.45) is 1.75. The molecule has 0 aliphatic heterocycles. The zero-order chi connectivity index (χ0) is 17.6. The van der Waals surface area contributed by atoms with Gasteiger partial charge in [0.2, 0.25) is 0 Å². The van der Waals surface area contributed by atoms with Gasteiger partial charge < -0.3 is 10.1 Å². The molecule has 0 fully saturated rings. The van der Waals surface area contributed by atoms with E-state index in [0.29, 0.717) is 27.2 Å². The Bertz CT molecular complexity index is 857. The summed E-state index contributed by atoms with van der Waals surface area (Å²) in [5.41, 5.74) is 1.75. The van der Waals surface area contributed by atoms with Gasteiger partial charge in [0, 0.05) is 23.3 Å². The lowest BCUT2D eigenvalue weighted by Crippen LogP contribution is -2.02. The summed E-state index contributed by atoms with van der Waals surface area (Å²) in [6.45, 7) is 0.891. The summed E-state index contributed by atoms with van der Waals surface area (Å²) in [4.78, 5) is 4.24. The van der Waals surface area contributed by atoms with Gasteiger partial charge in [-0.15, -0.1) is 0 Å². The van der Waals surface area contributed by atoms with Gasteiger partial charge in [-0.3, -0.25) is 0 Å². The first-order valence-electron chi connectivity index (χ1n) is 7.62. The molecule has 0 aliphatic rings. The topological polar surface area (TPSA) is 34.1 Å². The highest BCUT2D eigenvalue weighted by Crippen LogP contribution is 2.32. The van der Waals surface area contributed by atoms with Crippen molar-refractivity contribution >= 4 is 40.6 Å². The number of hydrogen-bond acceptors (Lipinski definition) is 3. The summed E-state index contributed by atoms with van der Waals surface area (Å²) in [5, 5.41) is 4.67. The van der Waals surface area contributed by atoms with Crippen molar-refractivity contribution in [1.82, 2.24) is 4.98 Å². The number of hydrogen-bond donors (Lipinski definition) is 1. The number of rotatable bonds is 6. The van der Waals surface area contributed by atoms with E-state index in [1.165, 1.54) is 0 Å². The molecular weight excluding hydrogens is 379 g/mol. The number of halogens is 3. The lowest BCUT2D eigenvalue weighted by molar-refractivity contribution is 0.306. The Morgan fingerprint density at radius 2 is 1.76 bits per heavy atom. The first kappa shape index (κ1) is 17.9. The third kappa shape index (κ3) is 4.79. The van der Waals surface area contributed by atoms with Crippen LogP contribution >= 0.6 is 34.8 Å². The SMILES string of the molecule is Clc1ccc(Cl)c(COc2cccc(CNc3ccccn3)c2)c1Cl. The van der Waals surface area contributed by atoms with E-state index in [-0.39, 0.29) is 6.61 Å². The van der Waals surface area contributed by atoms with Crippen LogP contribution in [-0.2, 0) is 13.2 Å². The summed E-state index contributed by atoms with van der Waals surface area (Å²) in [5.74, 6) is 1.55. The molecule has 1 aromatic heterocycles. The van der Waals surface area contributed by atoms with Crippen LogP contribution < -0.4 is 10.1 Å². The molecule has 0 aliphatic carbocycles. The zero-order valence-electron chi connectivity index (χ0n) is 13.2. The van der Waals surface area contributed by atoms with Gasteiger partial charge in [-0.05, 0) is 42.0 Å². The fourth-order valence-electron chi connectivity index (χ4n) is 2.26. The largest absolute Gasteiger partial charge is 0.489 e. The molecule has 0 bridgehead atoms. The van der Waals surface area contributed by atoms with Gasteiger partial charge in [-0.2, -0.15) is 0 Å². The van der Waals surface area contributed by atoms with Crippen molar-refractivity contribution in [3.05, 3.63) is 87.0 Å². The van der Waals surface area contributed by atoms with Gasteiger partial charge in [-0.1, -0.05) is 53.0 Å². The minimum atomic E-state index is 0.245. The van der Waals surface area contributed by atoms with E-state index in [1.807, 2.05) is 42.5 Å². The summed E-state index contributed by atoms with van der Waals surface area (Å²) in [6, 6.07) is 16.9. The third-order valence-corrected chi connectivity index (χ3v) is 4.76. The zero-order valence-corrected chi connectivity index (χ0v) is 15.4. The molecule has 2 aromatic carbocycles. The van der Waals surface area contributed by atoms with Gasteiger partial charge in [0.05, 0.1) is 10.0 Å². The van der Waals surface area contributed by atoms with E-state index in [9.17, 15) is 0 Å². The van der Waals surface area contributed by atoms with Crippen molar-refractivity contribution in [3.8, 4) is 5.75 Å². The van der Waals surface area contributed by atoms with Gasteiger partial charge in [-0.25, -0.2) is 4.98 Å². The highest BCUT2D eigenvalue weighted by Gasteiger charge is 2.10. The maximum atomic E-state index is 6.20. The molecule has 1 heterocycles. The molecule has 3 nitrogen and oxygen atoms in total. The van der Waals surface area contributed by atoms with Crippen molar-refractivity contribution < 1.29 is 4.74 Å². The number of anilines is 1.